The van der Waals surface area contributed by atoms with E-state index in [1.165, 1.54) is 0 Å². The lowest BCUT2D eigenvalue weighted by Gasteiger charge is -2.16. The molecule has 0 aliphatic carbocycles. The summed E-state index contributed by atoms with van der Waals surface area (Å²) < 4.78 is 0. The summed E-state index contributed by atoms with van der Waals surface area (Å²) in [5, 5.41) is 3.52. The number of nitrogens with one attached hydrogen (secondary N) is 1. The molecule has 1 atom stereocenters. The van der Waals surface area contributed by atoms with E-state index in [9.17, 15) is 9.59 Å². The maximum absolute atomic E-state index is 12.8. The van der Waals surface area contributed by atoms with Gasteiger partial charge in [-0.15, -0.1) is 0 Å². The van der Waals surface area contributed by atoms with E-state index in [2.05, 4.69) is 5.32 Å². The number of amides is 1. The highest BCUT2D eigenvalue weighted by atomic mass is 35.5. The Labute approximate surface area is 157 Å². The molecule has 4 heteroatoms. The normalized spacial score (nSPS) is 11.6. The van der Waals surface area contributed by atoms with Gasteiger partial charge in [-0.2, -0.15) is 0 Å². The molecule has 0 bridgehead atoms. The average Bonchev–Trinajstić information content (AvgIpc) is 2.68. The molecule has 0 aromatic heterocycles. The van der Waals surface area contributed by atoms with Crippen molar-refractivity contribution in [1.29, 1.82) is 0 Å². The van der Waals surface area contributed by atoms with Crippen LogP contribution in [0.3, 0.4) is 0 Å². The van der Waals surface area contributed by atoms with Gasteiger partial charge in [-0.05, 0) is 42.8 Å². The van der Waals surface area contributed by atoms with Crippen LogP contribution in [-0.2, 0) is 0 Å². The zero-order valence-corrected chi connectivity index (χ0v) is 15.0. The van der Waals surface area contributed by atoms with Crippen LogP contribution in [0.4, 0.5) is 0 Å². The fourth-order valence-electron chi connectivity index (χ4n) is 2.74. The molecular formula is C22H18ClNO2. The number of carbonyl (C=O) groups is 2. The Morgan fingerprint density at radius 2 is 1.38 bits per heavy atom. The minimum Gasteiger partial charge on any atom is -0.345 e. The first-order valence-corrected chi connectivity index (χ1v) is 8.69. The van der Waals surface area contributed by atoms with Gasteiger partial charge in [-0.1, -0.05) is 60.1 Å². The number of ketones is 1. The van der Waals surface area contributed by atoms with Crippen LogP contribution in [0.1, 0.15) is 44.8 Å². The van der Waals surface area contributed by atoms with E-state index in [1.54, 1.807) is 48.5 Å². The van der Waals surface area contributed by atoms with Crippen molar-refractivity contribution in [3.05, 3.63) is 106 Å². The van der Waals surface area contributed by atoms with E-state index < -0.39 is 0 Å². The van der Waals surface area contributed by atoms with Crippen LogP contribution in [0.5, 0.6) is 0 Å². The second kappa shape index (κ2) is 7.98. The van der Waals surface area contributed by atoms with E-state index in [-0.39, 0.29) is 17.7 Å². The summed E-state index contributed by atoms with van der Waals surface area (Å²) >= 11 is 5.88. The fraction of sp³-hybridized carbons (Fsp3) is 0.0909. The number of benzene rings is 3. The monoisotopic (exact) mass is 363 g/mol. The molecule has 1 amide bonds. The maximum atomic E-state index is 12.8. The van der Waals surface area contributed by atoms with Gasteiger partial charge >= 0.3 is 0 Å². The smallest absolute Gasteiger partial charge is 0.252 e. The molecule has 0 aliphatic rings. The summed E-state index contributed by atoms with van der Waals surface area (Å²) in [6.07, 6.45) is 0. The molecule has 0 saturated heterocycles. The van der Waals surface area contributed by atoms with Gasteiger partial charge in [0.1, 0.15) is 0 Å². The van der Waals surface area contributed by atoms with Crippen LogP contribution in [0.25, 0.3) is 0 Å². The first kappa shape index (κ1) is 17.9. The van der Waals surface area contributed by atoms with Crippen molar-refractivity contribution in [3.8, 4) is 0 Å². The molecule has 3 aromatic carbocycles. The van der Waals surface area contributed by atoms with Gasteiger partial charge in [0.2, 0.25) is 0 Å². The lowest BCUT2D eigenvalue weighted by molar-refractivity contribution is 0.0929. The average molecular weight is 364 g/mol. The first-order chi connectivity index (χ1) is 12.6. The lowest BCUT2D eigenvalue weighted by atomic mass is 9.97. The van der Waals surface area contributed by atoms with Crippen LogP contribution in [-0.4, -0.2) is 11.7 Å². The highest BCUT2D eigenvalue weighted by molar-refractivity contribution is 6.30. The molecule has 0 saturated carbocycles. The van der Waals surface area contributed by atoms with Crippen LogP contribution in [0.15, 0.2) is 78.9 Å². The molecule has 3 nitrogen and oxygen atoms in total. The molecule has 0 unspecified atom stereocenters. The van der Waals surface area contributed by atoms with Crippen molar-refractivity contribution in [2.24, 2.45) is 0 Å². The fourth-order valence-corrected chi connectivity index (χ4v) is 2.86. The molecule has 3 rings (SSSR count). The van der Waals surface area contributed by atoms with Crippen LogP contribution in [0.2, 0.25) is 5.02 Å². The Balaban J connectivity index is 1.85. The molecular weight excluding hydrogens is 346 g/mol. The van der Waals surface area contributed by atoms with Crippen molar-refractivity contribution < 1.29 is 9.59 Å². The second-order valence-corrected chi connectivity index (χ2v) is 6.42. The van der Waals surface area contributed by atoms with Crippen molar-refractivity contribution in [3.63, 3.8) is 0 Å². The second-order valence-electron chi connectivity index (χ2n) is 5.99. The topological polar surface area (TPSA) is 46.2 Å². The Morgan fingerprint density at radius 1 is 0.808 bits per heavy atom. The molecule has 0 fully saturated rings. The van der Waals surface area contributed by atoms with Gasteiger partial charge in [0.05, 0.1) is 11.6 Å². The van der Waals surface area contributed by atoms with E-state index in [0.29, 0.717) is 21.7 Å². The minimum absolute atomic E-state index is 0.164. The van der Waals surface area contributed by atoms with E-state index in [1.807, 2.05) is 37.3 Å². The van der Waals surface area contributed by atoms with Gasteiger partial charge in [0.15, 0.2) is 5.78 Å². The number of halogens is 1. The summed E-state index contributed by atoms with van der Waals surface area (Å²) in [4.78, 5) is 25.6. The van der Waals surface area contributed by atoms with Gasteiger partial charge in [0.25, 0.3) is 5.91 Å². The van der Waals surface area contributed by atoms with Crippen LogP contribution >= 0.6 is 11.6 Å². The maximum Gasteiger partial charge on any atom is 0.252 e. The minimum atomic E-state index is -0.278. The summed E-state index contributed by atoms with van der Waals surface area (Å²) in [5.74, 6) is -0.487. The van der Waals surface area contributed by atoms with Gasteiger partial charge in [0, 0.05) is 16.1 Å². The third-order valence-electron chi connectivity index (χ3n) is 4.17. The number of carbonyl (C=O) groups excluding carboxylic acids is 2. The predicted octanol–water partition coefficient (Wildman–Crippen LogP) is 5.06. The molecule has 26 heavy (non-hydrogen) atoms. The summed E-state index contributed by atoms with van der Waals surface area (Å²) in [6.45, 7) is 1.91. The third kappa shape index (κ3) is 4.01. The Morgan fingerprint density at radius 3 is 2.04 bits per heavy atom. The first-order valence-electron chi connectivity index (χ1n) is 8.31. The summed E-state index contributed by atoms with van der Waals surface area (Å²) in [5.41, 5.74) is 2.22. The van der Waals surface area contributed by atoms with Crippen molar-refractivity contribution in [1.82, 2.24) is 5.32 Å². The van der Waals surface area contributed by atoms with Gasteiger partial charge < -0.3 is 5.32 Å². The largest absolute Gasteiger partial charge is 0.345 e. The molecule has 1 N–H and O–H groups in total. The Kier molecular flexibility index (Phi) is 5.49. The molecule has 0 heterocycles. The zero-order valence-electron chi connectivity index (χ0n) is 14.3. The predicted molar refractivity (Wildman–Crippen MR) is 104 cm³/mol. The molecule has 0 aliphatic heterocycles. The van der Waals surface area contributed by atoms with Crippen molar-refractivity contribution in [2.75, 3.05) is 0 Å². The Bertz CT molecular complexity index is 920. The van der Waals surface area contributed by atoms with E-state index in [4.69, 9.17) is 11.6 Å². The van der Waals surface area contributed by atoms with Gasteiger partial charge in [-0.25, -0.2) is 0 Å². The number of hydrogen-bond acceptors (Lipinski definition) is 2. The number of rotatable bonds is 5. The quantitative estimate of drug-likeness (QED) is 0.644. The highest BCUT2D eigenvalue weighted by Crippen LogP contribution is 2.18. The lowest BCUT2D eigenvalue weighted by Crippen LogP contribution is -2.28. The zero-order chi connectivity index (χ0) is 18.5. The SMILES string of the molecule is C[C@H](NC(=O)c1ccccc1C(=O)c1ccc(Cl)cc1)c1ccccc1. The molecule has 130 valence electrons. The van der Waals surface area contributed by atoms with E-state index >= 15 is 0 Å². The third-order valence-corrected chi connectivity index (χ3v) is 4.42. The van der Waals surface area contributed by atoms with Gasteiger partial charge in [-0.3, -0.25) is 9.59 Å². The number of hydrogen-bond donors (Lipinski definition) is 1. The molecule has 3 aromatic rings. The molecule has 0 radical (unpaired) electrons. The van der Waals surface area contributed by atoms with Crippen LogP contribution in [0, 0.1) is 0 Å². The Hall–Kier alpha value is -2.91. The van der Waals surface area contributed by atoms with Crippen molar-refractivity contribution >= 4 is 23.3 Å². The van der Waals surface area contributed by atoms with E-state index in [0.717, 1.165) is 5.56 Å². The standard InChI is InChI=1S/C22H18ClNO2/c1-15(16-7-3-2-4-8-16)24-22(26)20-10-6-5-9-19(20)21(25)17-11-13-18(23)14-12-17/h2-15H,1H3,(H,24,26)/t15-/m0/s1. The summed E-state index contributed by atoms with van der Waals surface area (Å²) in [7, 11) is 0. The van der Waals surface area contributed by atoms with Crippen molar-refractivity contribution in [2.45, 2.75) is 13.0 Å². The van der Waals surface area contributed by atoms with Crippen LogP contribution < -0.4 is 5.32 Å². The molecule has 0 spiro atoms. The summed E-state index contributed by atoms with van der Waals surface area (Å²) in [6, 6.07) is 23.0. The highest BCUT2D eigenvalue weighted by Gasteiger charge is 2.19.